The molecule has 1 unspecified atom stereocenters. The Kier molecular flexibility index (Phi) is 4.93. The van der Waals surface area contributed by atoms with Crippen LogP contribution in [-0.4, -0.2) is 33.3 Å². The number of aromatic nitrogens is 2. The van der Waals surface area contributed by atoms with Gasteiger partial charge in [-0.2, -0.15) is 5.10 Å². The number of rotatable bonds is 6. The number of hydrogen-bond acceptors (Lipinski definition) is 5. The van der Waals surface area contributed by atoms with Gasteiger partial charge in [0.1, 0.15) is 0 Å². The molecule has 1 aromatic heterocycles. The lowest BCUT2D eigenvalue weighted by Gasteiger charge is -2.24. The molecule has 1 atom stereocenters. The number of nitrogens with two attached hydrogens (primary N) is 2. The number of benzene rings is 1. The van der Waals surface area contributed by atoms with Crippen molar-refractivity contribution in [3.8, 4) is 0 Å². The van der Waals surface area contributed by atoms with Crippen LogP contribution < -0.4 is 11.5 Å². The molecular weight excluding hydrogens is 370 g/mol. The van der Waals surface area contributed by atoms with Crippen molar-refractivity contribution in [1.82, 2.24) is 15.1 Å². The van der Waals surface area contributed by atoms with Crippen LogP contribution in [0.2, 0.25) is 0 Å². The Hall–Kier alpha value is -2.67. The van der Waals surface area contributed by atoms with Crippen molar-refractivity contribution in [3.63, 3.8) is 0 Å². The number of H-pyrrole nitrogens is 1. The molecule has 4 rings (SSSR count). The number of carbonyl (C=O) groups is 1. The fraction of sp³-hybridized carbons (Fsp3) is 0.333. The van der Waals surface area contributed by atoms with E-state index in [-0.39, 0.29) is 5.91 Å². The number of allylic oxidation sites excluding steroid dienone is 2. The highest BCUT2D eigenvalue weighted by Gasteiger charge is 2.39. The topological polar surface area (TPSA) is 101 Å². The van der Waals surface area contributed by atoms with Gasteiger partial charge in [0.2, 0.25) is 0 Å². The highest BCUT2D eigenvalue weighted by molar-refractivity contribution is 7.98. The van der Waals surface area contributed by atoms with Crippen LogP contribution in [0.4, 0.5) is 0 Å². The number of carbonyl (C=O) groups excluding carboxylic acids is 1. The predicted molar refractivity (Wildman–Crippen MR) is 113 cm³/mol. The van der Waals surface area contributed by atoms with Gasteiger partial charge in [-0.25, -0.2) is 0 Å². The zero-order valence-electron chi connectivity index (χ0n) is 16.1. The second-order valence-electron chi connectivity index (χ2n) is 7.42. The van der Waals surface area contributed by atoms with E-state index in [1.807, 2.05) is 29.4 Å². The van der Waals surface area contributed by atoms with E-state index < -0.39 is 0 Å². The van der Waals surface area contributed by atoms with E-state index in [4.69, 9.17) is 11.5 Å². The number of nitrogens with one attached hydrogen (secondary N) is 1. The first-order chi connectivity index (χ1) is 13.5. The Labute approximate surface area is 169 Å². The fourth-order valence-electron chi connectivity index (χ4n) is 3.82. The van der Waals surface area contributed by atoms with Gasteiger partial charge in [0.25, 0.3) is 5.91 Å². The van der Waals surface area contributed by atoms with Gasteiger partial charge in [0, 0.05) is 29.9 Å². The quantitative estimate of drug-likeness (QED) is 0.515. The van der Waals surface area contributed by atoms with Crippen LogP contribution in [0.15, 0.2) is 41.6 Å². The molecule has 2 aliphatic rings. The molecular formula is C21H25N5OS. The first-order valence-electron chi connectivity index (χ1n) is 9.44. The number of amides is 1. The van der Waals surface area contributed by atoms with Crippen LogP contribution in [-0.2, 0) is 6.54 Å². The molecule has 1 aliphatic carbocycles. The molecule has 0 bridgehead atoms. The highest BCUT2D eigenvalue weighted by atomic mass is 32.2. The maximum atomic E-state index is 13.1. The molecule has 7 heteroatoms. The molecule has 0 spiro atoms. The van der Waals surface area contributed by atoms with E-state index in [1.165, 1.54) is 12.8 Å². The molecule has 5 N–H and O–H groups in total. The number of aromatic amines is 1. The van der Waals surface area contributed by atoms with Crippen LogP contribution in [0.25, 0.3) is 11.3 Å². The minimum absolute atomic E-state index is 0.149. The van der Waals surface area contributed by atoms with Crippen molar-refractivity contribution < 1.29 is 4.79 Å². The number of hydrogen-bond donors (Lipinski definition) is 3. The summed E-state index contributed by atoms with van der Waals surface area (Å²) in [5.41, 5.74) is 17.1. The van der Waals surface area contributed by atoms with Gasteiger partial charge in [-0.3, -0.25) is 9.89 Å². The Morgan fingerprint density at radius 1 is 1.43 bits per heavy atom. The molecule has 1 fully saturated rings. The lowest BCUT2D eigenvalue weighted by Crippen LogP contribution is -2.34. The van der Waals surface area contributed by atoms with Crippen molar-refractivity contribution in [3.05, 3.63) is 59.1 Å². The summed E-state index contributed by atoms with van der Waals surface area (Å²) in [5, 5.41) is 6.79. The summed E-state index contributed by atoms with van der Waals surface area (Å²) >= 11 is 1.59. The van der Waals surface area contributed by atoms with E-state index in [9.17, 15) is 4.79 Å². The molecule has 1 aliphatic heterocycles. The first-order valence-corrected chi connectivity index (χ1v) is 10.7. The second kappa shape index (κ2) is 7.39. The van der Waals surface area contributed by atoms with Crippen molar-refractivity contribution in [1.29, 1.82) is 0 Å². The highest BCUT2D eigenvalue weighted by Crippen LogP contribution is 2.41. The van der Waals surface area contributed by atoms with Gasteiger partial charge < -0.3 is 16.4 Å². The average Bonchev–Trinajstić information content (AvgIpc) is 3.30. The number of nitrogens with zero attached hydrogens (tertiary/aromatic N) is 2. The van der Waals surface area contributed by atoms with E-state index >= 15 is 0 Å². The van der Waals surface area contributed by atoms with Crippen LogP contribution in [0.3, 0.4) is 0 Å². The normalized spacial score (nSPS) is 18.5. The molecule has 146 valence electrons. The van der Waals surface area contributed by atoms with Crippen molar-refractivity contribution >= 4 is 28.9 Å². The minimum atomic E-state index is 0.149. The third-order valence-electron chi connectivity index (χ3n) is 5.65. The second-order valence-corrected chi connectivity index (χ2v) is 8.26. The van der Waals surface area contributed by atoms with E-state index in [2.05, 4.69) is 23.2 Å². The van der Waals surface area contributed by atoms with Gasteiger partial charge in [-0.15, -0.1) is 11.8 Å². The van der Waals surface area contributed by atoms with E-state index in [0.29, 0.717) is 24.2 Å². The fourth-order valence-corrected chi connectivity index (χ4v) is 4.49. The lowest BCUT2D eigenvalue weighted by atomic mass is 9.99. The van der Waals surface area contributed by atoms with Crippen molar-refractivity contribution in [2.75, 3.05) is 6.26 Å². The Morgan fingerprint density at radius 2 is 2.21 bits per heavy atom. The van der Waals surface area contributed by atoms with Gasteiger partial charge in [-0.1, -0.05) is 0 Å². The molecule has 28 heavy (non-hydrogen) atoms. The van der Waals surface area contributed by atoms with Crippen LogP contribution >= 0.6 is 11.8 Å². The Bertz CT molecular complexity index is 959. The van der Waals surface area contributed by atoms with E-state index in [0.717, 1.165) is 32.9 Å². The first kappa shape index (κ1) is 18.7. The maximum absolute atomic E-state index is 13.1. The third-order valence-corrected chi connectivity index (χ3v) is 6.41. The lowest BCUT2D eigenvalue weighted by molar-refractivity contribution is 0.0695. The smallest absolute Gasteiger partial charge is 0.255 e. The molecule has 0 radical (unpaired) electrons. The standard InChI is InChI=1S/C21H25N5OS/c1-12(13-3-4-13)26-11-16-7-14(9-19(28-2)20(16)21(26)27)15(10-22)8-17(23)18-5-6-24-25-18/h5-10,12-13H,3-4,11,22-23H2,1-2H3,(H,24,25)/b15-10+,17-8-. The summed E-state index contributed by atoms with van der Waals surface area (Å²) in [7, 11) is 0. The minimum Gasteiger partial charge on any atom is -0.404 e. The summed E-state index contributed by atoms with van der Waals surface area (Å²) in [6, 6.07) is 6.20. The van der Waals surface area contributed by atoms with Crippen molar-refractivity contribution in [2.24, 2.45) is 17.4 Å². The van der Waals surface area contributed by atoms with Crippen molar-refractivity contribution in [2.45, 2.75) is 37.2 Å². The molecule has 2 heterocycles. The molecule has 0 saturated heterocycles. The SMILES string of the molecule is CSc1cc(C(/C=C(\N)c2ccn[nH]2)=C/N)cc2c1C(=O)N(C(C)C1CC1)C2. The summed E-state index contributed by atoms with van der Waals surface area (Å²) < 4.78 is 0. The molecule has 6 nitrogen and oxygen atoms in total. The van der Waals surface area contributed by atoms with E-state index in [1.54, 1.807) is 24.2 Å². The third kappa shape index (κ3) is 3.30. The molecule has 2 aromatic rings. The number of fused-ring (bicyclic) bond motifs is 1. The Morgan fingerprint density at radius 3 is 2.82 bits per heavy atom. The van der Waals surface area contributed by atoms with Crippen LogP contribution in [0.5, 0.6) is 0 Å². The maximum Gasteiger partial charge on any atom is 0.255 e. The zero-order chi connectivity index (χ0) is 19.8. The van der Waals surface area contributed by atoms with Crippen LogP contribution in [0, 0.1) is 5.92 Å². The van der Waals surface area contributed by atoms with Gasteiger partial charge >= 0.3 is 0 Å². The summed E-state index contributed by atoms with van der Waals surface area (Å²) in [4.78, 5) is 16.1. The van der Waals surface area contributed by atoms with Crippen LogP contribution in [0.1, 0.15) is 46.9 Å². The molecule has 1 saturated carbocycles. The average molecular weight is 396 g/mol. The largest absolute Gasteiger partial charge is 0.404 e. The molecule has 1 amide bonds. The monoisotopic (exact) mass is 395 g/mol. The summed E-state index contributed by atoms with van der Waals surface area (Å²) in [6.45, 7) is 2.82. The Balaban J connectivity index is 1.70. The molecule has 1 aromatic carbocycles. The van der Waals surface area contributed by atoms with Gasteiger partial charge in [-0.05, 0) is 72.9 Å². The van der Waals surface area contributed by atoms with Gasteiger partial charge in [0.05, 0.1) is 17.0 Å². The number of thioether (sulfide) groups is 1. The summed E-state index contributed by atoms with van der Waals surface area (Å²) in [5.74, 6) is 0.795. The zero-order valence-corrected chi connectivity index (χ0v) is 16.9. The summed E-state index contributed by atoms with van der Waals surface area (Å²) in [6.07, 6.45) is 9.49. The predicted octanol–water partition coefficient (Wildman–Crippen LogP) is 3.19. The van der Waals surface area contributed by atoms with Gasteiger partial charge in [0.15, 0.2) is 0 Å².